The van der Waals surface area contributed by atoms with Crippen molar-refractivity contribution in [2.45, 2.75) is 13.5 Å². The zero-order valence-corrected chi connectivity index (χ0v) is 10.8. The molecule has 0 aliphatic carbocycles. The predicted molar refractivity (Wildman–Crippen MR) is 68.5 cm³/mol. The smallest absolute Gasteiger partial charge is 0.251 e. The molecule has 94 valence electrons. The van der Waals surface area contributed by atoms with Crippen LogP contribution in [0.1, 0.15) is 17.2 Å². The fourth-order valence-electron chi connectivity index (χ4n) is 1.38. The predicted octanol–water partition coefficient (Wildman–Crippen LogP) is 2.93. The van der Waals surface area contributed by atoms with Gasteiger partial charge in [-0.25, -0.2) is 9.98 Å². The van der Waals surface area contributed by atoms with Crippen molar-refractivity contribution in [1.82, 2.24) is 9.97 Å². The minimum absolute atomic E-state index is 0.310. The lowest BCUT2D eigenvalue weighted by Crippen LogP contribution is -1.87. The van der Waals surface area contributed by atoms with Gasteiger partial charge in [0, 0.05) is 12.8 Å². The van der Waals surface area contributed by atoms with Crippen LogP contribution < -0.4 is 0 Å². The fraction of sp³-hybridized carbons (Fsp3) is 0.250. The van der Waals surface area contributed by atoms with Crippen molar-refractivity contribution in [2.24, 2.45) is 4.99 Å². The molecule has 5 nitrogen and oxygen atoms in total. The van der Waals surface area contributed by atoms with Gasteiger partial charge in [0.1, 0.15) is 23.3 Å². The number of halogens is 1. The molecule has 0 amide bonds. The van der Waals surface area contributed by atoms with E-state index in [1.54, 1.807) is 25.5 Å². The summed E-state index contributed by atoms with van der Waals surface area (Å²) in [5.41, 5.74) is 0.765. The van der Waals surface area contributed by atoms with E-state index in [0.29, 0.717) is 23.5 Å². The minimum atomic E-state index is 0.310. The second-order valence-corrected chi connectivity index (χ2v) is 4.01. The average molecular weight is 266 g/mol. The third-order valence-electron chi connectivity index (χ3n) is 2.09. The number of nitrogens with zero attached hydrogens (tertiary/aromatic N) is 3. The van der Waals surface area contributed by atoms with Gasteiger partial charge >= 0.3 is 0 Å². The largest absolute Gasteiger partial charge is 0.458 e. The zero-order chi connectivity index (χ0) is 13.0. The Morgan fingerprint density at radius 1 is 1.44 bits per heavy atom. The van der Waals surface area contributed by atoms with Crippen LogP contribution in [0.5, 0.6) is 0 Å². The quantitative estimate of drug-likeness (QED) is 0.630. The first kappa shape index (κ1) is 12.7. The first-order chi connectivity index (χ1) is 8.67. The Balaban J connectivity index is 2.13. The van der Waals surface area contributed by atoms with Gasteiger partial charge in [0.2, 0.25) is 0 Å². The van der Waals surface area contributed by atoms with E-state index >= 15 is 0 Å². The van der Waals surface area contributed by atoms with Gasteiger partial charge in [-0.05, 0) is 25.1 Å². The number of hydrogen-bond donors (Lipinski definition) is 0. The summed E-state index contributed by atoms with van der Waals surface area (Å²) < 4.78 is 10.4. The highest BCUT2D eigenvalue weighted by Gasteiger charge is 2.01. The van der Waals surface area contributed by atoms with Crippen molar-refractivity contribution in [1.29, 1.82) is 0 Å². The molecule has 6 heteroatoms. The van der Waals surface area contributed by atoms with E-state index in [4.69, 9.17) is 20.8 Å². The number of aryl methyl sites for hydroxylation is 1. The number of methoxy groups -OCH3 is 1. The average Bonchev–Trinajstić information content (AvgIpc) is 2.74. The van der Waals surface area contributed by atoms with E-state index < -0.39 is 0 Å². The molecular formula is C12H12ClN3O2. The Bertz CT molecular complexity index is 546. The van der Waals surface area contributed by atoms with Crippen LogP contribution in [0.4, 0.5) is 5.95 Å². The highest BCUT2D eigenvalue weighted by molar-refractivity contribution is 6.29. The Morgan fingerprint density at radius 3 is 3.00 bits per heavy atom. The monoisotopic (exact) mass is 265 g/mol. The number of ether oxygens (including phenoxy) is 1. The Kier molecular flexibility index (Phi) is 4.07. The van der Waals surface area contributed by atoms with Gasteiger partial charge in [-0.2, -0.15) is 4.98 Å². The van der Waals surface area contributed by atoms with E-state index in [1.165, 1.54) is 0 Å². The Hall–Kier alpha value is -1.72. The van der Waals surface area contributed by atoms with Crippen molar-refractivity contribution < 1.29 is 9.15 Å². The van der Waals surface area contributed by atoms with Crippen LogP contribution in [-0.4, -0.2) is 23.3 Å². The van der Waals surface area contributed by atoms with Crippen molar-refractivity contribution in [3.05, 3.63) is 40.6 Å². The van der Waals surface area contributed by atoms with Crippen LogP contribution in [0.3, 0.4) is 0 Å². The lowest BCUT2D eigenvalue weighted by Gasteiger charge is -1.95. The van der Waals surface area contributed by atoms with Gasteiger partial charge in [0.05, 0.1) is 6.21 Å². The summed E-state index contributed by atoms with van der Waals surface area (Å²) >= 11 is 5.81. The molecule has 0 N–H and O–H groups in total. The molecule has 0 aliphatic rings. The van der Waals surface area contributed by atoms with Gasteiger partial charge < -0.3 is 9.15 Å². The Labute approximate surface area is 109 Å². The summed E-state index contributed by atoms with van der Waals surface area (Å²) in [6.45, 7) is 2.26. The molecular weight excluding hydrogens is 254 g/mol. The summed E-state index contributed by atoms with van der Waals surface area (Å²) in [4.78, 5) is 12.2. The molecule has 0 saturated heterocycles. The van der Waals surface area contributed by atoms with Crippen LogP contribution in [0.2, 0.25) is 5.15 Å². The number of aromatic nitrogens is 2. The molecule has 2 aromatic heterocycles. The molecule has 0 radical (unpaired) electrons. The topological polar surface area (TPSA) is 60.5 Å². The van der Waals surface area contributed by atoms with Crippen molar-refractivity contribution in [3.63, 3.8) is 0 Å². The van der Waals surface area contributed by atoms with E-state index in [2.05, 4.69) is 15.0 Å². The minimum Gasteiger partial charge on any atom is -0.458 e. The van der Waals surface area contributed by atoms with Crippen LogP contribution >= 0.6 is 11.6 Å². The maximum Gasteiger partial charge on any atom is 0.251 e. The molecule has 2 rings (SSSR count). The first-order valence-corrected chi connectivity index (χ1v) is 5.68. The normalized spacial score (nSPS) is 11.3. The SMILES string of the molecule is COCc1ccc(C=Nc2nc(C)cc(Cl)n2)o1. The summed E-state index contributed by atoms with van der Waals surface area (Å²) in [6.07, 6.45) is 1.55. The fourth-order valence-corrected chi connectivity index (χ4v) is 1.61. The van der Waals surface area contributed by atoms with Crippen LogP contribution in [0.15, 0.2) is 27.6 Å². The third-order valence-corrected chi connectivity index (χ3v) is 2.28. The van der Waals surface area contributed by atoms with Gasteiger partial charge in [-0.3, -0.25) is 0 Å². The number of furan rings is 1. The van der Waals surface area contributed by atoms with Crippen molar-refractivity contribution >= 4 is 23.8 Å². The lowest BCUT2D eigenvalue weighted by molar-refractivity contribution is 0.164. The summed E-state index contributed by atoms with van der Waals surface area (Å²) in [7, 11) is 1.61. The molecule has 0 spiro atoms. The molecule has 0 atom stereocenters. The summed E-state index contributed by atoms with van der Waals surface area (Å²) in [5.74, 6) is 1.66. The van der Waals surface area contributed by atoms with Crippen LogP contribution in [0.25, 0.3) is 0 Å². The standard InChI is InChI=1S/C12H12ClN3O2/c1-8-5-11(13)16-12(15-8)14-6-9-3-4-10(18-9)7-17-2/h3-6H,7H2,1-2H3. The maximum atomic E-state index is 5.81. The zero-order valence-electron chi connectivity index (χ0n) is 10.1. The summed E-state index contributed by atoms with van der Waals surface area (Å²) in [5, 5.41) is 0.370. The van der Waals surface area contributed by atoms with Gasteiger partial charge in [-0.1, -0.05) is 11.6 Å². The molecule has 0 aromatic carbocycles. The van der Waals surface area contributed by atoms with Gasteiger partial charge in [-0.15, -0.1) is 0 Å². The lowest BCUT2D eigenvalue weighted by atomic mass is 10.4. The molecule has 0 bridgehead atoms. The molecule has 0 saturated carbocycles. The van der Waals surface area contributed by atoms with E-state index in [0.717, 1.165) is 11.5 Å². The molecule has 2 heterocycles. The molecule has 18 heavy (non-hydrogen) atoms. The van der Waals surface area contributed by atoms with E-state index in [1.807, 2.05) is 13.0 Å². The highest BCUT2D eigenvalue weighted by Crippen LogP contribution is 2.13. The number of hydrogen-bond acceptors (Lipinski definition) is 5. The number of aliphatic imine (C=N–C) groups is 1. The number of rotatable bonds is 4. The van der Waals surface area contributed by atoms with Crippen LogP contribution in [-0.2, 0) is 11.3 Å². The molecule has 0 aliphatic heterocycles. The van der Waals surface area contributed by atoms with Crippen molar-refractivity contribution in [3.8, 4) is 0 Å². The molecule has 0 unspecified atom stereocenters. The van der Waals surface area contributed by atoms with Gasteiger partial charge in [0.15, 0.2) is 0 Å². The Morgan fingerprint density at radius 2 is 2.28 bits per heavy atom. The highest BCUT2D eigenvalue weighted by atomic mass is 35.5. The van der Waals surface area contributed by atoms with Gasteiger partial charge in [0.25, 0.3) is 5.95 Å². The second-order valence-electron chi connectivity index (χ2n) is 3.63. The van der Waals surface area contributed by atoms with Crippen molar-refractivity contribution in [2.75, 3.05) is 7.11 Å². The second kappa shape index (κ2) is 5.75. The summed E-state index contributed by atoms with van der Waals surface area (Å²) in [6, 6.07) is 5.30. The van der Waals surface area contributed by atoms with E-state index in [-0.39, 0.29) is 0 Å². The maximum absolute atomic E-state index is 5.81. The third kappa shape index (κ3) is 3.38. The van der Waals surface area contributed by atoms with E-state index in [9.17, 15) is 0 Å². The molecule has 2 aromatic rings. The molecule has 0 fully saturated rings. The van der Waals surface area contributed by atoms with Crippen LogP contribution in [0, 0.1) is 6.92 Å². The first-order valence-electron chi connectivity index (χ1n) is 5.30.